The molecule has 0 aromatic heterocycles. The van der Waals surface area contributed by atoms with Gasteiger partial charge < -0.3 is 10.1 Å². The van der Waals surface area contributed by atoms with Crippen LogP contribution in [-0.2, 0) is 4.74 Å². The fraction of sp³-hybridized carbons (Fsp3) is 0.364. The molecule has 1 radical (unpaired) electrons. The van der Waals surface area contributed by atoms with Gasteiger partial charge in [-0.05, 0) is 18.6 Å². The molecule has 2 rings (SSSR count). The highest BCUT2D eigenvalue weighted by atomic mass is 19.1. The number of hydrogen-bond acceptors (Lipinski definition) is 2. The Bertz CT molecular complexity index is 278. The molecule has 2 atom stereocenters. The third-order valence-electron chi connectivity index (χ3n) is 2.28. The smallest absolute Gasteiger partial charge is 0.149 e. The Morgan fingerprint density at radius 3 is 2.79 bits per heavy atom. The predicted octanol–water partition coefficient (Wildman–Crippen LogP) is 2.39. The first-order chi connectivity index (χ1) is 6.86. The molecule has 1 saturated heterocycles. The summed E-state index contributed by atoms with van der Waals surface area (Å²) in [5, 5.41) is 3.14. The number of benzene rings is 1. The van der Waals surface area contributed by atoms with Gasteiger partial charge in [-0.25, -0.2) is 4.39 Å². The molecule has 0 spiro atoms. The number of anilines is 1. The van der Waals surface area contributed by atoms with E-state index in [0.29, 0.717) is 13.0 Å². The second-order valence-corrected chi connectivity index (χ2v) is 3.36. The Balaban J connectivity index is 1.96. The van der Waals surface area contributed by atoms with Crippen LogP contribution in [0.15, 0.2) is 30.3 Å². The van der Waals surface area contributed by atoms with Crippen molar-refractivity contribution in [3.8, 4) is 0 Å². The quantitative estimate of drug-likeness (QED) is 0.780. The van der Waals surface area contributed by atoms with Crippen molar-refractivity contribution in [1.82, 2.24) is 0 Å². The fourth-order valence-electron chi connectivity index (χ4n) is 1.51. The van der Waals surface area contributed by atoms with Crippen LogP contribution in [0.25, 0.3) is 0 Å². The average Bonchev–Trinajstić information content (AvgIpc) is 2.23. The average molecular weight is 194 g/mol. The molecule has 0 amide bonds. The molecule has 3 heteroatoms. The first-order valence-corrected chi connectivity index (χ1v) is 4.77. The van der Waals surface area contributed by atoms with Crippen LogP contribution >= 0.6 is 0 Å². The summed E-state index contributed by atoms with van der Waals surface area (Å²) in [7, 11) is 0. The molecule has 1 N–H and O–H groups in total. The number of alkyl halides is 1. The summed E-state index contributed by atoms with van der Waals surface area (Å²) in [6, 6.07) is 9.50. The van der Waals surface area contributed by atoms with Gasteiger partial charge in [0.1, 0.15) is 12.8 Å². The van der Waals surface area contributed by atoms with E-state index in [9.17, 15) is 4.39 Å². The zero-order valence-corrected chi connectivity index (χ0v) is 7.82. The van der Waals surface area contributed by atoms with Gasteiger partial charge in [0.05, 0.1) is 6.04 Å². The number of hydrogen-bond donors (Lipinski definition) is 1. The van der Waals surface area contributed by atoms with Crippen LogP contribution in [0.5, 0.6) is 0 Å². The second kappa shape index (κ2) is 4.42. The summed E-state index contributed by atoms with van der Waals surface area (Å²) in [4.78, 5) is 0. The van der Waals surface area contributed by atoms with E-state index in [1.54, 1.807) is 0 Å². The van der Waals surface area contributed by atoms with Gasteiger partial charge in [-0.1, -0.05) is 18.2 Å². The molecule has 1 aliphatic heterocycles. The minimum absolute atomic E-state index is 0.161. The van der Waals surface area contributed by atoms with Crippen LogP contribution in [0.2, 0.25) is 0 Å². The van der Waals surface area contributed by atoms with Gasteiger partial charge in [0.15, 0.2) is 0 Å². The van der Waals surface area contributed by atoms with Crippen molar-refractivity contribution in [2.45, 2.75) is 18.6 Å². The third kappa shape index (κ3) is 2.23. The van der Waals surface area contributed by atoms with E-state index in [0.717, 1.165) is 5.69 Å². The molecule has 2 nitrogen and oxygen atoms in total. The monoisotopic (exact) mass is 194 g/mol. The van der Waals surface area contributed by atoms with Gasteiger partial charge in [0.25, 0.3) is 0 Å². The number of nitrogens with one attached hydrogen (secondary N) is 1. The number of ether oxygens (including phenoxy) is 1. The van der Waals surface area contributed by atoms with Gasteiger partial charge in [0, 0.05) is 12.3 Å². The lowest BCUT2D eigenvalue weighted by molar-refractivity contribution is 0.0847. The van der Waals surface area contributed by atoms with Gasteiger partial charge in [0.2, 0.25) is 0 Å². The van der Waals surface area contributed by atoms with Crippen molar-refractivity contribution in [3.63, 3.8) is 0 Å². The SMILES string of the molecule is FC1[CH]OCCC1Nc1ccccc1. The van der Waals surface area contributed by atoms with Crippen molar-refractivity contribution >= 4 is 5.69 Å². The summed E-state index contributed by atoms with van der Waals surface area (Å²) in [5.74, 6) is 0. The van der Waals surface area contributed by atoms with Crippen LogP contribution in [-0.4, -0.2) is 18.8 Å². The summed E-state index contributed by atoms with van der Waals surface area (Å²) < 4.78 is 18.2. The summed E-state index contributed by atoms with van der Waals surface area (Å²) in [6.07, 6.45) is -0.323. The minimum atomic E-state index is -1.02. The predicted molar refractivity (Wildman–Crippen MR) is 53.6 cm³/mol. The van der Waals surface area contributed by atoms with Gasteiger partial charge in [-0.2, -0.15) is 0 Å². The van der Waals surface area contributed by atoms with E-state index in [-0.39, 0.29) is 6.04 Å². The van der Waals surface area contributed by atoms with Crippen LogP contribution in [0, 0.1) is 6.61 Å². The normalized spacial score (nSPS) is 27.2. The molecular formula is C11H13FNO. The minimum Gasteiger partial charge on any atom is -0.379 e. The van der Waals surface area contributed by atoms with Crippen LogP contribution < -0.4 is 5.32 Å². The molecule has 1 aromatic rings. The number of rotatable bonds is 2. The highest BCUT2D eigenvalue weighted by molar-refractivity contribution is 5.43. The Kier molecular flexibility index (Phi) is 2.99. The molecule has 2 unspecified atom stereocenters. The zero-order valence-electron chi connectivity index (χ0n) is 7.82. The van der Waals surface area contributed by atoms with Crippen LogP contribution in [0.1, 0.15) is 6.42 Å². The lowest BCUT2D eigenvalue weighted by Crippen LogP contribution is -2.36. The lowest BCUT2D eigenvalue weighted by atomic mass is 10.1. The van der Waals surface area contributed by atoms with E-state index in [4.69, 9.17) is 4.74 Å². The summed E-state index contributed by atoms with van der Waals surface area (Å²) in [6.45, 7) is 1.86. The van der Waals surface area contributed by atoms with Gasteiger partial charge in [-0.3, -0.25) is 0 Å². The Labute approximate surface area is 83.1 Å². The molecular weight excluding hydrogens is 181 g/mol. The van der Waals surface area contributed by atoms with Crippen LogP contribution in [0.3, 0.4) is 0 Å². The Morgan fingerprint density at radius 1 is 1.29 bits per heavy atom. The molecule has 1 fully saturated rings. The molecule has 1 heterocycles. The molecule has 1 aliphatic rings. The van der Waals surface area contributed by atoms with E-state index in [2.05, 4.69) is 5.32 Å². The van der Waals surface area contributed by atoms with E-state index >= 15 is 0 Å². The first-order valence-electron chi connectivity index (χ1n) is 4.77. The van der Waals surface area contributed by atoms with Crippen molar-refractivity contribution in [2.24, 2.45) is 0 Å². The molecule has 0 bridgehead atoms. The van der Waals surface area contributed by atoms with Crippen molar-refractivity contribution in [3.05, 3.63) is 36.9 Å². The van der Waals surface area contributed by atoms with Gasteiger partial charge in [-0.15, -0.1) is 0 Å². The largest absolute Gasteiger partial charge is 0.379 e. The van der Waals surface area contributed by atoms with E-state index in [1.807, 2.05) is 30.3 Å². The maximum atomic E-state index is 13.3. The first kappa shape index (κ1) is 9.46. The van der Waals surface area contributed by atoms with Gasteiger partial charge >= 0.3 is 0 Å². The van der Waals surface area contributed by atoms with Crippen LogP contribution in [0.4, 0.5) is 10.1 Å². The highest BCUT2D eigenvalue weighted by Gasteiger charge is 2.25. The Hall–Kier alpha value is -1.09. The lowest BCUT2D eigenvalue weighted by Gasteiger charge is -2.27. The molecule has 1 aromatic carbocycles. The molecule has 0 saturated carbocycles. The molecule has 75 valence electrons. The standard InChI is InChI=1S/C11H13FNO/c12-10-8-14-7-6-11(10)13-9-4-2-1-3-5-9/h1-5,8,10-11,13H,6-7H2. The number of halogens is 1. The fourth-order valence-corrected chi connectivity index (χ4v) is 1.51. The molecule has 0 aliphatic carbocycles. The van der Waals surface area contributed by atoms with Crippen molar-refractivity contribution in [1.29, 1.82) is 0 Å². The maximum absolute atomic E-state index is 13.3. The maximum Gasteiger partial charge on any atom is 0.149 e. The second-order valence-electron chi connectivity index (χ2n) is 3.36. The number of para-hydroxylation sites is 1. The third-order valence-corrected chi connectivity index (χ3v) is 2.28. The van der Waals surface area contributed by atoms with E-state index < -0.39 is 6.17 Å². The van der Waals surface area contributed by atoms with Crippen molar-refractivity contribution < 1.29 is 9.13 Å². The Morgan fingerprint density at radius 2 is 2.07 bits per heavy atom. The van der Waals surface area contributed by atoms with Crippen molar-refractivity contribution in [2.75, 3.05) is 11.9 Å². The molecule has 14 heavy (non-hydrogen) atoms. The zero-order chi connectivity index (χ0) is 9.80. The summed E-state index contributed by atoms with van der Waals surface area (Å²) in [5.41, 5.74) is 0.954. The summed E-state index contributed by atoms with van der Waals surface area (Å²) >= 11 is 0. The highest BCUT2D eigenvalue weighted by Crippen LogP contribution is 2.19. The topological polar surface area (TPSA) is 21.3 Å². The van der Waals surface area contributed by atoms with E-state index in [1.165, 1.54) is 6.61 Å².